The molecular weight excluding hydrogens is 200 g/mol. The lowest BCUT2D eigenvalue weighted by Crippen LogP contribution is -2.28. The van der Waals surface area contributed by atoms with Crippen molar-refractivity contribution in [2.75, 3.05) is 45.7 Å². The molecule has 1 heterocycles. The molecule has 0 saturated carbocycles. The van der Waals surface area contributed by atoms with E-state index in [1.54, 1.807) is 0 Å². The van der Waals surface area contributed by atoms with Crippen LogP contribution >= 0.6 is 0 Å². The van der Waals surface area contributed by atoms with Crippen LogP contribution in [0.25, 0.3) is 0 Å². The lowest BCUT2D eigenvalue weighted by molar-refractivity contribution is 0.416. The lowest BCUT2D eigenvalue weighted by Gasteiger charge is -2.20. The number of anilines is 1. The van der Waals surface area contributed by atoms with Crippen molar-refractivity contribution in [3.63, 3.8) is 0 Å². The van der Waals surface area contributed by atoms with Gasteiger partial charge >= 0.3 is 0 Å². The van der Waals surface area contributed by atoms with Crippen molar-refractivity contribution in [3.8, 4) is 0 Å². The van der Waals surface area contributed by atoms with E-state index in [4.69, 9.17) is 5.73 Å². The third-order valence-corrected chi connectivity index (χ3v) is 2.52. The number of nitrogens with two attached hydrogens (primary N) is 1. The maximum absolute atomic E-state index is 5.50. The van der Waals surface area contributed by atoms with Crippen LogP contribution in [-0.4, -0.2) is 50.7 Å². The topological polar surface area (TPSA) is 45.4 Å². The first-order valence-electron chi connectivity index (χ1n) is 5.64. The highest BCUT2D eigenvalue weighted by atomic mass is 15.2. The molecule has 2 N–H and O–H groups in total. The molecule has 90 valence electrons. The molecule has 0 bridgehead atoms. The van der Waals surface area contributed by atoms with Gasteiger partial charge in [0.15, 0.2) is 0 Å². The summed E-state index contributed by atoms with van der Waals surface area (Å²) in [4.78, 5) is 8.75. The van der Waals surface area contributed by atoms with Gasteiger partial charge in [-0.15, -0.1) is 0 Å². The average Bonchev–Trinajstić information content (AvgIpc) is 2.27. The highest BCUT2D eigenvalue weighted by Crippen LogP contribution is 2.09. The molecule has 4 nitrogen and oxygen atoms in total. The summed E-state index contributed by atoms with van der Waals surface area (Å²) in [6, 6.07) is 4.15. The van der Waals surface area contributed by atoms with Crippen LogP contribution in [0.4, 0.5) is 5.82 Å². The number of rotatable bonds is 6. The predicted molar refractivity (Wildman–Crippen MR) is 68.8 cm³/mol. The Balaban J connectivity index is 2.52. The fraction of sp³-hybridized carbons (Fsp3) is 0.583. The van der Waals surface area contributed by atoms with E-state index in [-0.39, 0.29) is 0 Å². The molecule has 1 aromatic rings. The van der Waals surface area contributed by atoms with Crippen LogP contribution in [0.15, 0.2) is 18.3 Å². The molecule has 0 saturated heterocycles. The standard InChI is InChI=1S/C12H22N4/c1-15(2)8-9-16(3)12-5-4-11(6-7-13)10-14-12/h4-5,10H,6-9,13H2,1-3H3. The highest BCUT2D eigenvalue weighted by Gasteiger charge is 2.02. The fourth-order valence-electron chi connectivity index (χ4n) is 1.42. The van der Waals surface area contributed by atoms with Gasteiger partial charge in [-0.1, -0.05) is 6.07 Å². The third-order valence-electron chi connectivity index (χ3n) is 2.52. The van der Waals surface area contributed by atoms with Crippen molar-refractivity contribution in [2.45, 2.75) is 6.42 Å². The van der Waals surface area contributed by atoms with Gasteiger partial charge in [0.1, 0.15) is 5.82 Å². The first kappa shape index (κ1) is 12.9. The lowest BCUT2D eigenvalue weighted by atomic mass is 10.2. The summed E-state index contributed by atoms with van der Waals surface area (Å²) in [7, 11) is 6.21. The predicted octanol–water partition coefficient (Wildman–Crippen LogP) is 0.581. The largest absolute Gasteiger partial charge is 0.358 e. The van der Waals surface area contributed by atoms with Crippen molar-refractivity contribution in [2.24, 2.45) is 5.73 Å². The van der Waals surface area contributed by atoms with Crippen LogP contribution in [0.1, 0.15) is 5.56 Å². The van der Waals surface area contributed by atoms with Crippen LogP contribution in [-0.2, 0) is 6.42 Å². The van der Waals surface area contributed by atoms with Crippen molar-refractivity contribution < 1.29 is 0 Å². The van der Waals surface area contributed by atoms with E-state index in [0.717, 1.165) is 25.3 Å². The van der Waals surface area contributed by atoms with Gasteiger partial charge < -0.3 is 15.5 Å². The Morgan fingerprint density at radius 2 is 1.94 bits per heavy atom. The van der Waals surface area contributed by atoms with Gasteiger partial charge in [0, 0.05) is 26.3 Å². The minimum absolute atomic E-state index is 0.678. The SMILES string of the molecule is CN(C)CCN(C)c1ccc(CCN)cn1. The maximum atomic E-state index is 5.50. The average molecular weight is 222 g/mol. The summed E-state index contributed by atoms with van der Waals surface area (Å²) in [5.74, 6) is 1.02. The summed E-state index contributed by atoms with van der Waals surface area (Å²) in [5, 5.41) is 0. The number of nitrogens with zero attached hydrogens (tertiary/aromatic N) is 3. The zero-order valence-electron chi connectivity index (χ0n) is 10.5. The zero-order valence-corrected chi connectivity index (χ0v) is 10.5. The number of hydrogen-bond acceptors (Lipinski definition) is 4. The molecular formula is C12H22N4. The molecule has 16 heavy (non-hydrogen) atoms. The smallest absolute Gasteiger partial charge is 0.128 e. The quantitative estimate of drug-likeness (QED) is 0.765. The summed E-state index contributed by atoms with van der Waals surface area (Å²) < 4.78 is 0. The molecule has 0 aliphatic carbocycles. The van der Waals surface area contributed by atoms with Crippen LogP contribution in [0.3, 0.4) is 0 Å². The van der Waals surface area contributed by atoms with Crippen LogP contribution in [0, 0.1) is 0 Å². The zero-order chi connectivity index (χ0) is 12.0. The third kappa shape index (κ3) is 4.16. The molecule has 0 aliphatic heterocycles. The molecule has 0 unspecified atom stereocenters. The summed E-state index contributed by atoms with van der Waals surface area (Å²) in [5.41, 5.74) is 6.70. The molecule has 0 amide bonds. The Bertz CT molecular complexity index is 294. The van der Waals surface area contributed by atoms with Crippen LogP contribution in [0.5, 0.6) is 0 Å². The van der Waals surface area contributed by atoms with E-state index in [1.807, 2.05) is 6.20 Å². The Hall–Kier alpha value is -1.13. The molecule has 0 spiro atoms. The van der Waals surface area contributed by atoms with E-state index < -0.39 is 0 Å². The van der Waals surface area contributed by atoms with Gasteiger partial charge in [0.2, 0.25) is 0 Å². The number of aromatic nitrogens is 1. The first-order valence-corrected chi connectivity index (χ1v) is 5.64. The number of likely N-dealkylation sites (N-methyl/N-ethyl adjacent to an activating group) is 2. The van der Waals surface area contributed by atoms with Gasteiger partial charge in [-0.25, -0.2) is 4.98 Å². The molecule has 0 atom stereocenters. The van der Waals surface area contributed by atoms with Crippen molar-refractivity contribution in [1.29, 1.82) is 0 Å². The normalized spacial score (nSPS) is 10.8. The van der Waals surface area contributed by atoms with Gasteiger partial charge in [-0.05, 0) is 38.7 Å². The van der Waals surface area contributed by atoms with Crippen molar-refractivity contribution in [3.05, 3.63) is 23.9 Å². The van der Waals surface area contributed by atoms with Gasteiger partial charge in [0.05, 0.1) is 0 Å². The second kappa shape index (κ2) is 6.45. The van der Waals surface area contributed by atoms with E-state index in [9.17, 15) is 0 Å². The van der Waals surface area contributed by atoms with E-state index >= 15 is 0 Å². The Morgan fingerprint density at radius 1 is 1.19 bits per heavy atom. The number of pyridine rings is 1. The highest BCUT2D eigenvalue weighted by molar-refractivity contribution is 5.38. The Kier molecular flexibility index (Phi) is 5.22. The van der Waals surface area contributed by atoms with E-state index in [2.05, 4.69) is 48.1 Å². The minimum atomic E-state index is 0.678. The summed E-state index contributed by atoms with van der Waals surface area (Å²) in [6.45, 7) is 2.69. The monoisotopic (exact) mass is 222 g/mol. The molecule has 1 aromatic heterocycles. The summed E-state index contributed by atoms with van der Waals surface area (Å²) >= 11 is 0. The second-order valence-corrected chi connectivity index (χ2v) is 4.29. The van der Waals surface area contributed by atoms with Gasteiger partial charge in [-0.2, -0.15) is 0 Å². The minimum Gasteiger partial charge on any atom is -0.358 e. The first-order chi connectivity index (χ1) is 7.63. The maximum Gasteiger partial charge on any atom is 0.128 e. The van der Waals surface area contributed by atoms with Gasteiger partial charge in [0.25, 0.3) is 0 Å². The van der Waals surface area contributed by atoms with Crippen LogP contribution in [0.2, 0.25) is 0 Å². The molecule has 0 fully saturated rings. The summed E-state index contributed by atoms with van der Waals surface area (Å²) in [6.07, 6.45) is 2.81. The molecule has 0 radical (unpaired) electrons. The molecule has 0 aromatic carbocycles. The fourth-order valence-corrected chi connectivity index (χ4v) is 1.42. The Labute approximate surface area is 98.1 Å². The van der Waals surface area contributed by atoms with Crippen LogP contribution < -0.4 is 10.6 Å². The van der Waals surface area contributed by atoms with Crippen molar-refractivity contribution in [1.82, 2.24) is 9.88 Å². The molecule has 1 rings (SSSR count). The van der Waals surface area contributed by atoms with E-state index in [0.29, 0.717) is 6.54 Å². The van der Waals surface area contributed by atoms with Gasteiger partial charge in [-0.3, -0.25) is 0 Å². The Morgan fingerprint density at radius 3 is 2.44 bits per heavy atom. The van der Waals surface area contributed by atoms with E-state index in [1.165, 1.54) is 5.56 Å². The van der Waals surface area contributed by atoms with Crippen molar-refractivity contribution >= 4 is 5.82 Å². The second-order valence-electron chi connectivity index (χ2n) is 4.29. The molecule has 0 aliphatic rings. The number of hydrogen-bond donors (Lipinski definition) is 1. The molecule has 4 heteroatoms.